The lowest BCUT2D eigenvalue weighted by Crippen LogP contribution is -2.81. The van der Waals surface area contributed by atoms with Crippen molar-refractivity contribution in [2.75, 3.05) is 0 Å². The summed E-state index contributed by atoms with van der Waals surface area (Å²) < 4.78 is 593. The number of rotatable bonds is 20. The van der Waals surface area contributed by atoms with Crippen LogP contribution < -0.4 is 43.7 Å². The molecular weight excluding hydrogens is 2000 g/mol. The first kappa shape index (κ1) is 102. The summed E-state index contributed by atoms with van der Waals surface area (Å²) in [6, 6.07) is 46.5. The smallest absolute Gasteiger partial charge is 0.207 e. The van der Waals surface area contributed by atoms with Crippen molar-refractivity contribution < 1.29 is 176 Å². The second-order valence-electron chi connectivity index (χ2n) is 28.5. The highest BCUT2D eigenvalue weighted by Crippen LogP contribution is 2.46. The van der Waals surface area contributed by atoms with Crippen molar-refractivity contribution in [1.29, 1.82) is 0 Å². The molecular formula is C88H40B2F40S5. The molecule has 47 heteroatoms. The van der Waals surface area contributed by atoms with Crippen LogP contribution in [0.25, 0.3) is 0 Å². The first-order valence-electron chi connectivity index (χ1n) is 37.7. The van der Waals surface area contributed by atoms with Crippen molar-refractivity contribution in [3.8, 4) is 0 Å². The second kappa shape index (κ2) is 39.6. The van der Waals surface area contributed by atoms with Gasteiger partial charge in [-0.05, 0) is 109 Å². The highest BCUT2D eigenvalue weighted by molar-refractivity contribution is 8.04. The second-order valence-corrected chi connectivity index (χ2v) is 36.7. The maximum absolute atomic E-state index is 15.4. The van der Waals surface area contributed by atoms with Crippen molar-refractivity contribution in [2.24, 2.45) is 0 Å². The summed E-state index contributed by atoms with van der Waals surface area (Å²) in [5, 5.41) is 0. The van der Waals surface area contributed by atoms with Gasteiger partial charge < -0.3 is 0 Å². The molecule has 0 amide bonds. The van der Waals surface area contributed by atoms with Crippen LogP contribution in [0.15, 0.2) is 158 Å². The Kier molecular flexibility index (Phi) is 30.0. The van der Waals surface area contributed by atoms with Crippen molar-refractivity contribution in [1.82, 2.24) is 0 Å². The van der Waals surface area contributed by atoms with Crippen LogP contribution in [-0.2, 0) is 47.5 Å². The molecule has 14 rings (SSSR count). The van der Waals surface area contributed by atoms with E-state index in [0.29, 0.717) is 0 Å². The summed E-state index contributed by atoms with van der Waals surface area (Å²) in [6.07, 6.45) is -10.2. The zero-order valence-electron chi connectivity index (χ0n) is 66.7. The minimum atomic E-state index is -7.22. The van der Waals surface area contributed by atoms with Crippen molar-refractivity contribution in [2.45, 2.75) is 89.8 Å². The molecule has 0 radical (unpaired) electrons. The van der Waals surface area contributed by atoms with Crippen LogP contribution in [0.2, 0.25) is 0 Å². The summed E-state index contributed by atoms with van der Waals surface area (Å²) in [6.45, 7) is 8.90. The van der Waals surface area contributed by atoms with Crippen molar-refractivity contribution >= 4 is 112 Å². The third-order valence-corrected chi connectivity index (χ3v) is 30.0. The number of aryl methyl sites for hydroxylation is 4. The van der Waals surface area contributed by atoms with Gasteiger partial charge in [-0.2, -0.15) is 0 Å². The van der Waals surface area contributed by atoms with Crippen LogP contribution >= 0.6 is 34.4 Å². The van der Waals surface area contributed by atoms with E-state index < -0.39 is 289 Å². The third kappa shape index (κ3) is 17.1. The Balaban J connectivity index is 0.000000182. The standard InChI is InChI=1S/C40H40S5.2C24BF20/c1-5-29-9-17-33(18-10-29)44(34-19-11-30(6-2)12-20-34)39-27-25-37(42-39)41-38-26-28-40(43-38)45(35-21-13-31(7-3)14-22-35)36-23-15-32(8-4)16-24-36;2*26-5-1(6(27)14(35)21(42)13(5)34)25(2-7(28)15(36)22(43)16(37)8(2)29,3-9(30)17(38)23(44)18(39)10(3)31)4-11(32)19(40)24(45)20(41)12(4)33/h9-28H,5-8H2,1-4H3;;/q+2;2*-1. The van der Waals surface area contributed by atoms with Crippen LogP contribution in [-0.4, -0.2) is 12.3 Å². The fourth-order valence-electron chi connectivity index (χ4n) is 15.0. The number of hydrogen-bond acceptors (Lipinski definition) is 3. The molecule has 0 bridgehead atoms. The van der Waals surface area contributed by atoms with E-state index in [4.69, 9.17) is 0 Å². The SMILES string of the molecule is CCc1ccc([S+](c2ccc(CC)cc2)c2ccc(Sc3ccc([S+](c4ccc(CC)cc4)c4ccc(CC)cc4)s3)s2)cc1.Fc1c(F)c(F)c([B-](c2c(F)c(F)c(F)c(F)c2F)(c2c(F)c(F)c(F)c(F)c2F)c2c(F)c(F)c(F)c(F)c2F)c(F)c1F.Fc1c(F)c(F)c([B-](c2c(F)c(F)c(F)c(F)c2F)(c2c(F)c(F)c(F)c(F)c2F)c2c(F)c(F)c(F)c(F)c2F)c(F)c1F. The molecule has 12 aromatic carbocycles. The average Bonchev–Trinajstić information content (AvgIpc) is 0.924. The Bertz CT molecular complexity index is 5780. The molecule has 0 saturated carbocycles. The summed E-state index contributed by atoms with van der Waals surface area (Å²) in [5.74, 6) is -143. The summed E-state index contributed by atoms with van der Waals surface area (Å²) in [7, 11) is -0.240. The van der Waals surface area contributed by atoms with E-state index in [1.165, 1.54) is 58.7 Å². The highest BCUT2D eigenvalue weighted by Gasteiger charge is 2.56. The van der Waals surface area contributed by atoms with E-state index in [-0.39, 0.29) is 21.8 Å². The van der Waals surface area contributed by atoms with Gasteiger partial charge >= 0.3 is 0 Å². The molecule has 14 aromatic rings. The fraction of sp³-hybridized carbons (Fsp3) is 0.0909. The van der Waals surface area contributed by atoms with Gasteiger partial charge in [-0.1, -0.05) is 111 Å². The molecule has 0 saturated heterocycles. The van der Waals surface area contributed by atoms with E-state index in [2.05, 4.69) is 149 Å². The molecule has 2 heterocycles. The Hall–Kier alpha value is -11.6. The quantitative estimate of drug-likeness (QED) is 0.0241. The summed E-state index contributed by atoms with van der Waals surface area (Å²) >= 11 is 5.81. The molecule has 135 heavy (non-hydrogen) atoms. The van der Waals surface area contributed by atoms with Crippen molar-refractivity contribution in [3.63, 3.8) is 0 Å². The zero-order chi connectivity index (χ0) is 99.9. The number of benzene rings is 12. The lowest BCUT2D eigenvalue weighted by molar-refractivity contribution is 0.377. The maximum Gasteiger partial charge on any atom is 0.221 e. The predicted octanol–water partition coefficient (Wildman–Crippen LogP) is 24.1. The van der Waals surface area contributed by atoms with Gasteiger partial charge in [-0.25, -0.2) is 176 Å². The van der Waals surface area contributed by atoms with Gasteiger partial charge in [0.2, 0.25) is 8.42 Å². The molecule has 0 N–H and O–H groups in total. The molecule has 0 aliphatic rings. The average molecular weight is 2040 g/mol. The Morgan fingerprint density at radius 3 is 0.407 bits per heavy atom. The molecule has 0 aliphatic carbocycles. The molecule has 2 aromatic heterocycles. The normalized spacial score (nSPS) is 11.8. The van der Waals surface area contributed by atoms with E-state index in [1.54, 1.807) is 0 Å². The Morgan fingerprint density at radius 2 is 0.289 bits per heavy atom. The number of halogens is 40. The van der Waals surface area contributed by atoms with Gasteiger partial charge in [-0.15, -0.1) is 43.7 Å². The fourth-order valence-corrected chi connectivity index (χ4v) is 24.1. The topological polar surface area (TPSA) is 0 Å². The number of hydrogen-bond donors (Lipinski definition) is 0. The largest absolute Gasteiger partial charge is 0.221 e. The van der Waals surface area contributed by atoms with Gasteiger partial charge in [0.25, 0.3) is 0 Å². The molecule has 0 spiro atoms. The van der Waals surface area contributed by atoms with Gasteiger partial charge in [0.1, 0.15) is 127 Å². The molecule has 0 nitrogen and oxygen atoms in total. The van der Waals surface area contributed by atoms with Gasteiger partial charge in [-0.3, -0.25) is 0 Å². The Labute approximate surface area is 750 Å². The number of thiophene rings is 2. The zero-order valence-corrected chi connectivity index (χ0v) is 70.8. The van der Waals surface area contributed by atoms with Crippen LogP contribution in [0.5, 0.6) is 0 Å². The minimum absolute atomic E-state index is 0.120. The Morgan fingerprint density at radius 1 is 0.170 bits per heavy atom. The lowest BCUT2D eigenvalue weighted by atomic mass is 9.12. The molecule has 0 fully saturated rings. The van der Waals surface area contributed by atoms with Crippen LogP contribution in [0.3, 0.4) is 0 Å². The molecule has 0 unspecified atom stereocenters. The van der Waals surface area contributed by atoms with Gasteiger partial charge in [0, 0.05) is 12.1 Å². The van der Waals surface area contributed by atoms with Gasteiger partial charge in [0.15, 0.2) is 159 Å². The predicted molar refractivity (Wildman–Crippen MR) is 419 cm³/mol. The maximum atomic E-state index is 15.4. The first-order valence-corrected chi connectivity index (χ1v) is 42.6. The summed E-state index contributed by atoms with van der Waals surface area (Å²) in [4.78, 5) is 5.56. The summed E-state index contributed by atoms with van der Waals surface area (Å²) in [5.41, 5.74) is -23.1. The third-order valence-electron chi connectivity index (χ3n) is 21.4. The van der Waals surface area contributed by atoms with E-state index in [9.17, 15) is 105 Å². The molecule has 0 aliphatic heterocycles. The van der Waals surface area contributed by atoms with E-state index in [1.807, 2.05) is 34.4 Å². The highest BCUT2D eigenvalue weighted by atomic mass is 32.2. The van der Waals surface area contributed by atoms with Crippen LogP contribution in [0.4, 0.5) is 176 Å². The molecule has 708 valence electrons. The van der Waals surface area contributed by atoms with Crippen LogP contribution in [0.1, 0.15) is 49.9 Å². The van der Waals surface area contributed by atoms with Crippen molar-refractivity contribution in [3.05, 3.63) is 376 Å². The molecule has 0 atom stereocenters. The van der Waals surface area contributed by atoms with E-state index in [0.717, 1.165) is 25.7 Å². The van der Waals surface area contributed by atoms with Gasteiger partial charge in [0.05, 0.1) is 8.42 Å². The lowest BCUT2D eigenvalue weighted by Gasteiger charge is -2.44. The minimum Gasteiger partial charge on any atom is -0.207 e. The van der Waals surface area contributed by atoms with E-state index >= 15 is 70.2 Å². The first-order chi connectivity index (χ1) is 63.5. The monoisotopic (exact) mass is 2040 g/mol. The van der Waals surface area contributed by atoms with Crippen LogP contribution in [0, 0.1) is 233 Å².